The Morgan fingerprint density at radius 2 is 2.00 bits per heavy atom. The van der Waals surface area contributed by atoms with Crippen LogP contribution in [0, 0.1) is 0 Å². The van der Waals surface area contributed by atoms with Crippen LogP contribution < -0.4 is 10.3 Å². The predicted octanol–water partition coefficient (Wildman–Crippen LogP) is 3.15. The van der Waals surface area contributed by atoms with Crippen molar-refractivity contribution in [1.82, 2.24) is 9.55 Å². The molecular formula is C21H20N2O5. The Morgan fingerprint density at radius 3 is 2.75 bits per heavy atom. The zero-order valence-electron chi connectivity index (χ0n) is 15.3. The molecule has 0 amide bonds. The molecule has 0 atom stereocenters. The maximum Gasteiger partial charge on any atom is 0.303 e. The first-order valence-corrected chi connectivity index (χ1v) is 8.76. The molecule has 0 fully saturated rings. The summed E-state index contributed by atoms with van der Waals surface area (Å²) in [7, 11) is 1.47. The summed E-state index contributed by atoms with van der Waals surface area (Å²) in [6.45, 7) is 0.252. The number of benzene rings is 2. The van der Waals surface area contributed by atoms with Gasteiger partial charge in [-0.15, -0.1) is 0 Å². The van der Waals surface area contributed by atoms with E-state index in [0.717, 1.165) is 5.56 Å². The Labute approximate surface area is 161 Å². The molecule has 0 saturated carbocycles. The number of hydrogen-bond donors (Lipinski definition) is 2. The number of carboxylic acid groups (broad SMARTS) is 1. The van der Waals surface area contributed by atoms with Crippen LogP contribution in [-0.4, -0.2) is 32.8 Å². The van der Waals surface area contributed by atoms with E-state index in [0.29, 0.717) is 28.9 Å². The first-order valence-electron chi connectivity index (χ1n) is 8.76. The van der Waals surface area contributed by atoms with Gasteiger partial charge in [0.1, 0.15) is 5.82 Å². The SMILES string of the molecule is COc1cc(/C=C/c2nc3ccccc3c(=O)n2CCCC(=O)O)ccc1O. The van der Waals surface area contributed by atoms with Crippen molar-refractivity contribution in [1.29, 1.82) is 0 Å². The summed E-state index contributed by atoms with van der Waals surface area (Å²) in [4.78, 5) is 28.2. The third kappa shape index (κ3) is 4.20. The van der Waals surface area contributed by atoms with Gasteiger partial charge in [0.25, 0.3) is 5.56 Å². The highest BCUT2D eigenvalue weighted by atomic mass is 16.5. The Balaban J connectivity index is 2.02. The number of nitrogens with zero attached hydrogens (tertiary/aromatic N) is 2. The van der Waals surface area contributed by atoms with Crippen LogP contribution in [-0.2, 0) is 11.3 Å². The van der Waals surface area contributed by atoms with Crippen molar-refractivity contribution in [3.05, 3.63) is 64.2 Å². The molecule has 28 heavy (non-hydrogen) atoms. The maximum atomic E-state index is 12.9. The zero-order chi connectivity index (χ0) is 20.1. The Bertz CT molecular complexity index is 1100. The van der Waals surface area contributed by atoms with Gasteiger partial charge in [-0.2, -0.15) is 0 Å². The van der Waals surface area contributed by atoms with E-state index in [4.69, 9.17) is 9.84 Å². The number of fused-ring (bicyclic) bond motifs is 1. The summed E-state index contributed by atoms with van der Waals surface area (Å²) in [5.74, 6) is -0.0993. The van der Waals surface area contributed by atoms with E-state index >= 15 is 0 Å². The van der Waals surface area contributed by atoms with Gasteiger partial charge >= 0.3 is 5.97 Å². The molecule has 1 heterocycles. The summed E-state index contributed by atoms with van der Waals surface area (Å²) >= 11 is 0. The lowest BCUT2D eigenvalue weighted by atomic mass is 10.1. The molecule has 3 aromatic rings. The second-order valence-corrected chi connectivity index (χ2v) is 6.21. The summed E-state index contributed by atoms with van der Waals surface area (Å²) < 4.78 is 6.59. The number of aliphatic carboxylic acids is 1. The highest BCUT2D eigenvalue weighted by Gasteiger charge is 2.10. The number of carbonyl (C=O) groups is 1. The van der Waals surface area contributed by atoms with E-state index in [9.17, 15) is 14.7 Å². The van der Waals surface area contributed by atoms with E-state index in [1.54, 1.807) is 42.5 Å². The average Bonchev–Trinajstić information content (AvgIpc) is 2.69. The molecule has 0 bridgehead atoms. The van der Waals surface area contributed by atoms with E-state index in [-0.39, 0.29) is 24.3 Å². The predicted molar refractivity (Wildman–Crippen MR) is 106 cm³/mol. The minimum atomic E-state index is -0.907. The van der Waals surface area contributed by atoms with Gasteiger partial charge in [-0.1, -0.05) is 24.3 Å². The third-order valence-electron chi connectivity index (χ3n) is 4.29. The van der Waals surface area contributed by atoms with Crippen LogP contribution in [0.5, 0.6) is 11.5 Å². The number of hydrogen-bond acceptors (Lipinski definition) is 5. The van der Waals surface area contributed by atoms with Crippen molar-refractivity contribution in [2.24, 2.45) is 0 Å². The second-order valence-electron chi connectivity index (χ2n) is 6.21. The highest BCUT2D eigenvalue weighted by molar-refractivity contribution is 5.79. The van der Waals surface area contributed by atoms with E-state index < -0.39 is 5.97 Å². The molecule has 0 unspecified atom stereocenters. The van der Waals surface area contributed by atoms with E-state index in [1.807, 2.05) is 6.07 Å². The molecule has 0 aliphatic heterocycles. The highest BCUT2D eigenvalue weighted by Crippen LogP contribution is 2.27. The number of para-hydroxylation sites is 1. The van der Waals surface area contributed by atoms with Crippen molar-refractivity contribution < 1.29 is 19.7 Å². The number of carboxylic acids is 1. The Hall–Kier alpha value is -3.61. The lowest BCUT2D eigenvalue weighted by Crippen LogP contribution is -2.24. The zero-order valence-corrected chi connectivity index (χ0v) is 15.3. The van der Waals surface area contributed by atoms with Crippen LogP contribution in [0.2, 0.25) is 0 Å². The van der Waals surface area contributed by atoms with Crippen LogP contribution in [0.25, 0.3) is 23.1 Å². The molecule has 7 heteroatoms. The molecule has 0 aliphatic rings. The monoisotopic (exact) mass is 380 g/mol. The molecule has 0 saturated heterocycles. The average molecular weight is 380 g/mol. The van der Waals surface area contributed by atoms with Gasteiger partial charge in [-0.3, -0.25) is 14.2 Å². The molecule has 0 spiro atoms. The first-order chi connectivity index (χ1) is 13.5. The van der Waals surface area contributed by atoms with Crippen molar-refractivity contribution in [2.45, 2.75) is 19.4 Å². The smallest absolute Gasteiger partial charge is 0.303 e. The van der Waals surface area contributed by atoms with Gasteiger partial charge in [0, 0.05) is 13.0 Å². The maximum absolute atomic E-state index is 12.9. The lowest BCUT2D eigenvalue weighted by Gasteiger charge is -2.11. The molecule has 1 aromatic heterocycles. The molecule has 144 valence electrons. The minimum Gasteiger partial charge on any atom is -0.504 e. The van der Waals surface area contributed by atoms with Crippen LogP contribution in [0.4, 0.5) is 0 Å². The Kier molecular flexibility index (Phi) is 5.74. The second kappa shape index (κ2) is 8.39. The van der Waals surface area contributed by atoms with E-state index in [1.165, 1.54) is 17.7 Å². The summed E-state index contributed by atoms with van der Waals surface area (Å²) in [6.07, 6.45) is 3.74. The number of phenols is 1. The van der Waals surface area contributed by atoms with Gasteiger partial charge in [-0.05, 0) is 42.3 Å². The van der Waals surface area contributed by atoms with Crippen molar-refractivity contribution in [3.8, 4) is 11.5 Å². The van der Waals surface area contributed by atoms with Crippen LogP contribution in [0.15, 0.2) is 47.3 Å². The van der Waals surface area contributed by atoms with Gasteiger partial charge in [0.15, 0.2) is 11.5 Å². The molecule has 3 rings (SSSR count). The van der Waals surface area contributed by atoms with Gasteiger partial charge in [0.05, 0.1) is 18.0 Å². The fourth-order valence-corrected chi connectivity index (χ4v) is 2.89. The standard InChI is InChI=1S/C21H20N2O5/c1-28-18-13-14(8-10-17(18)24)9-11-19-22-16-6-3-2-5-15(16)21(27)23(19)12-4-7-20(25)26/h2-3,5-6,8-11,13,24H,4,7,12H2,1H3,(H,25,26)/b11-9+. The fourth-order valence-electron chi connectivity index (χ4n) is 2.89. The normalized spacial score (nSPS) is 11.2. The summed E-state index contributed by atoms with van der Waals surface area (Å²) in [6, 6.07) is 11.9. The molecular weight excluding hydrogens is 360 g/mol. The number of aromatic hydroxyl groups is 1. The summed E-state index contributed by atoms with van der Waals surface area (Å²) in [5.41, 5.74) is 1.12. The topological polar surface area (TPSA) is 102 Å². The van der Waals surface area contributed by atoms with Crippen LogP contribution in [0.3, 0.4) is 0 Å². The third-order valence-corrected chi connectivity index (χ3v) is 4.29. The molecule has 0 aliphatic carbocycles. The molecule has 2 aromatic carbocycles. The van der Waals surface area contributed by atoms with Gasteiger partial charge < -0.3 is 14.9 Å². The minimum absolute atomic E-state index is 0.0302. The molecule has 0 radical (unpaired) electrons. The summed E-state index contributed by atoms with van der Waals surface area (Å²) in [5, 5.41) is 19.1. The number of phenolic OH excluding ortho intramolecular Hbond substituents is 1. The van der Waals surface area contributed by atoms with Gasteiger partial charge in [-0.25, -0.2) is 4.98 Å². The fraction of sp³-hybridized carbons (Fsp3) is 0.190. The number of rotatable bonds is 7. The van der Waals surface area contributed by atoms with Crippen LogP contribution in [0.1, 0.15) is 24.2 Å². The van der Waals surface area contributed by atoms with Crippen molar-refractivity contribution in [3.63, 3.8) is 0 Å². The van der Waals surface area contributed by atoms with Crippen molar-refractivity contribution in [2.75, 3.05) is 7.11 Å². The van der Waals surface area contributed by atoms with E-state index in [2.05, 4.69) is 4.98 Å². The number of ether oxygens (including phenoxy) is 1. The van der Waals surface area contributed by atoms with Crippen molar-refractivity contribution >= 4 is 29.0 Å². The number of aromatic nitrogens is 2. The van der Waals surface area contributed by atoms with Gasteiger partial charge in [0.2, 0.25) is 0 Å². The molecule has 2 N–H and O–H groups in total. The number of methoxy groups -OCH3 is 1. The largest absolute Gasteiger partial charge is 0.504 e. The molecule has 7 nitrogen and oxygen atoms in total. The quantitative estimate of drug-likeness (QED) is 0.653. The van der Waals surface area contributed by atoms with Crippen LogP contribution >= 0.6 is 0 Å². The first kappa shape index (κ1) is 19.2. The lowest BCUT2D eigenvalue weighted by molar-refractivity contribution is -0.137. The Morgan fingerprint density at radius 1 is 1.21 bits per heavy atom.